The highest BCUT2D eigenvalue weighted by atomic mass is 35.5. The van der Waals surface area contributed by atoms with Crippen LogP contribution in [-0.2, 0) is 6.54 Å². The Labute approximate surface area is 211 Å². The van der Waals surface area contributed by atoms with Crippen molar-refractivity contribution in [3.05, 3.63) is 83.9 Å². The van der Waals surface area contributed by atoms with E-state index in [0.717, 1.165) is 45.0 Å². The van der Waals surface area contributed by atoms with E-state index in [4.69, 9.17) is 11.6 Å². The summed E-state index contributed by atoms with van der Waals surface area (Å²) in [6, 6.07) is 14.5. The summed E-state index contributed by atoms with van der Waals surface area (Å²) in [5.41, 5.74) is 6.29. The molecular weight excluding hydrogens is 454 g/mol. The average Bonchev–Trinajstić information content (AvgIpc) is 3.22. The summed E-state index contributed by atoms with van der Waals surface area (Å²) in [6.45, 7) is 7.23. The first-order valence-corrected chi connectivity index (χ1v) is 12.9. The van der Waals surface area contributed by atoms with Crippen molar-refractivity contribution in [1.82, 2.24) is 25.1 Å². The van der Waals surface area contributed by atoms with Crippen LogP contribution in [0.4, 0.5) is 0 Å². The van der Waals surface area contributed by atoms with E-state index in [9.17, 15) is 0 Å². The molecule has 0 bridgehead atoms. The van der Waals surface area contributed by atoms with Crippen LogP contribution < -0.4 is 5.32 Å². The van der Waals surface area contributed by atoms with Crippen molar-refractivity contribution in [3.8, 4) is 11.3 Å². The summed E-state index contributed by atoms with van der Waals surface area (Å²) in [6.07, 6.45) is 12.1. The van der Waals surface area contributed by atoms with Crippen molar-refractivity contribution in [2.75, 3.05) is 0 Å². The Morgan fingerprint density at radius 1 is 1.09 bits per heavy atom. The van der Waals surface area contributed by atoms with Gasteiger partial charge in [0.15, 0.2) is 0 Å². The number of benzene rings is 2. The third-order valence-electron chi connectivity index (χ3n) is 7.87. The minimum atomic E-state index is 0.488. The first kappa shape index (κ1) is 22.3. The lowest BCUT2D eigenvalue weighted by Gasteiger charge is -2.58. The monoisotopic (exact) mass is 483 g/mol. The maximum Gasteiger partial charge on any atom is 0.0885 e. The van der Waals surface area contributed by atoms with Gasteiger partial charge in [-0.1, -0.05) is 61.9 Å². The van der Waals surface area contributed by atoms with E-state index < -0.39 is 0 Å². The molecule has 5 nitrogen and oxygen atoms in total. The molecule has 2 aromatic carbocycles. The second-order valence-corrected chi connectivity index (χ2v) is 10.8. The van der Waals surface area contributed by atoms with E-state index in [-0.39, 0.29) is 0 Å². The Balaban J connectivity index is 1.21. The van der Waals surface area contributed by atoms with E-state index in [0.29, 0.717) is 23.0 Å². The van der Waals surface area contributed by atoms with Gasteiger partial charge in [-0.3, -0.25) is 14.6 Å². The van der Waals surface area contributed by atoms with Crippen LogP contribution in [0.1, 0.15) is 50.3 Å². The highest BCUT2D eigenvalue weighted by molar-refractivity contribution is 6.31. The normalized spacial score (nSPS) is 23.1. The molecule has 4 aromatic rings. The number of hydrogen-bond donors (Lipinski definition) is 1. The zero-order valence-electron chi connectivity index (χ0n) is 20.0. The highest BCUT2D eigenvalue weighted by Gasteiger charge is 2.52. The van der Waals surface area contributed by atoms with Gasteiger partial charge in [0.05, 0.1) is 42.0 Å². The van der Waals surface area contributed by atoms with Crippen LogP contribution in [-0.4, -0.2) is 25.8 Å². The summed E-state index contributed by atoms with van der Waals surface area (Å²) in [5, 5.41) is 10.0. The SMILES string of the molecule is C=C(NC1CC2(CC(CC)C2)C1)c1cc(Cl)cc2cnn(Cc3cnc(-c4ccccc4)cn3)c12. The van der Waals surface area contributed by atoms with Crippen molar-refractivity contribution >= 4 is 28.2 Å². The minimum absolute atomic E-state index is 0.488. The van der Waals surface area contributed by atoms with E-state index in [1.807, 2.05) is 65.7 Å². The van der Waals surface area contributed by atoms with Crippen molar-refractivity contribution in [2.24, 2.45) is 11.3 Å². The summed E-state index contributed by atoms with van der Waals surface area (Å²) < 4.78 is 1.97. The zero-order chi connectivity index (χ0) is 24.0. The van der Waals surface area contributed by atoms with Gasteiger partial charge in [-0.2, -0.15) is 5.10 Å². The average molecular weight is 484 g/mol. The fraction of sp³-hybridized carbons (Fsp3) is 0.345. The van der Waals surface area contributed by atoms with Crippen LogP contribution in [0.15, 0.2) is 67.6 Å². The lowest BCUT2D eigenvalue weighted by molar-refractivity contribution is -0.0460. The van der Waals surface area contributed by atoms with Crippen LogP contribution in [0.25, 0.3) is 27.9 Å². The Morgan fingerprint density at radius 2 is 1.89 bits per heavy atom. The number of fused-ring (bicyclic) bond motifs is 1. The molecule has 35 heavy (non-hydrogen) atoms. The number of nitrogens with zero attached hydrogens (tertiary/aromatic N) is 4. The van der Waals surface area contributed by atoms with Gasteiger partial charge in [0.25, 0.3) is 0 Å². The predicted octanol–water partition coefficient (Wildman–Crippen LogP) is 6.72. The molecule has 0 atom stereocenters. The van der Waals surface area contributed by atoms with Gasteiger partial charge < -0.3 is 5.32 Å². The number of halogens is 1. The fourth-order valence-corrected chi connectivity index (χ4v) is 6.32. The molecule has 0 radical (unpaired) electrons. The topological polar surface area (TPSA) is 55.6 Å². The Bertz CT molecular complexity index is 1360. The molecule has 0 aliphatic heterocycles. The Morgan fingerprint density at radius 3 is 2.60 bits per heavy atom. The fourth-order valence-electron chi connectivity index (χ4n) is 6.09. The van der Waals surface area contributed by atoms with Crippen molar-refractivity contribution in [1.29, 1.82) is 0 Å². The van der Waals surface area contributed by atoms with Crippen LogP contribution in [0.3, 0.4) is 0 Å². The van der Waals surface area contributed by atoms with E-state index in [2.05, 4.69) is 33.9 Å². The van der Waals surface area contributed by atoms with E-state index in [1.54, 1.807) is 0 Å². The van der Waals surface area contributed by atoms with Gasteiger partial charge in [-0.05, 0) is 49.1 Å². The van der Waals surface area contributed by atoms with E-state index >= 15 is 0 Å². The van der Waals surface area contributed by atoms with Crippen LogP contribution in [0.2, 0.25) is 5.02 Å². The summed E-state index contributed by atoms with van der Waals surface area (Å²) >= 11 is 6.48. The van der Waals surface area contributed by atoms with Gasteiger partial charge in [-0.15, -0.1) is 0 Å². The zero-order valence-corrected chi connectivity index (χ0v) is 20.8. The molecule has 178 valence electrons. The molecule has 2 aliphatic rings. The Kier molecular flexibility index (Phi) is 5.60. The number of hydrogen-bond acceptors (Lipinski definition) is 4. The summed E-state index contributed by atoms with van der Waals surface area (Å²) in [7, 11) is 0. The maximum atomic E-state index is 6.48. The number of nitrogens with one attached hydrogen (secondary N) is 1. The first-order valence-electron chi connectivity index (χ1n) is 12.5. The van der Waals surface area contributed by atoms with Gasteiger partial charge in [-0.25, -0.2) is 0 Å². The molecule has 2 aromatic heterocycles. The van der Waals surface area contributed by atoms with Gasteiger partial charge >= 0.3 is 0 Å². The molecule has 6 rings (SSSR count). The predicted molar refractivity (Wildman–Crippen MR) is 142 cm³/mol. The molecular formula is C29H30ClN5. The molecule has 0 unspecified atom stereocenters. The quantitative estimate of drug-likeness (QED) is 0.317. The second-order valence-electron chi connectivity index (χ2n) is 10.4. The van der Waals surface area contributed by atoms with Crippen molar-refractivity contribution < 1.29 is 0 Å². The Hall–Kier alpha value is -3.18. The van der Waals surface area contributed by atoms with Crippen molar-refractivity contribution in [2.45, 2.75) is 51.6 Å². The van der Waals surface area contributed by atoms with E-state index in [1.165, 1.54) is 32.1 Å². The third kappa shape index (κ3) is 4.23. The largest absolute Gasteiger partial charge is 0.382 e. The van der Waals surface area contributed by atoms with Crippen LogP contribution in [0, 0.1) is 11.3 Å². The molecule has 0 saturated heterocycles. The maximum absolute atomic E-state index is 6.48. The van der Waals surface area contributed by atoms with Crippen LogP contribution >= 0.6 is 11.6 Å². The summed E-state index contributed by atoms with van der Waals surface area (Å²) in [4.78, 5) is 9.28. The standard InChI is InChI=1S/C29H30ClN5/c1-3-20-11-29(12-20)13-24(14-29)34-19(2)26-10-23(30)9-22-15-33-35(28(22)26)18-25-16-32-27(17-31-25)21-7-5-4-6-8-21/h4-10,15-17,20,24,34H,2-3,11-14,18H2,1H3. The van der Waals surface area contributed by atoms with Crippen LogP contribution in [0.5, 0.6) is 0 Å². The molecule has 2 fully saturated rings. The van der Waals surface area contributed by atoms with Gasteiger partial charge in [0, 0.05) is 33.3 Å². The number of aromatic nitrogens is 4. The lowest BCUT2D eigenvalue weighted by Crippen LogP contribution is -2.54. The third-order valence-corrected chi connectivity index (χ3v) is 8.09. The molecule has 2 saturated carbocycles. The molecule has 2 aliphatic carbocycles. The summed E-state index contributed by atoms with van der Waals surface area (Å²) in [5.74, 6) is 0.936. The van der Waals surface area contributed by atoms with Gasteiger partial charge in [0.1, 0.15) is 0 Å². The molecule has 1 N–H and O–H groups in total. The molecule has 2 heterocycles. The highest BCUT2D eigenvalue weighted by Crippen LogP contribution is 2.59. The molecule has 6 heteroatoms. The minimum Gasteiger partial charge on any atom is -0.382 e. The second kappa shape index (κ2) is 8.80. The van der Waals surface area contributed by atoms with Crippen molar-refractivity contribution in [3.63, 3.8) is 0 Å². The smallest absolute Gasteiger partial charge is 0.0885 e. The number of rotatable bonds is 7. The first-order chi connectivity index (χ1) is 17.0. The molecule has 1 spiro atoms. The van der Waals surface area contributed by atoms with Gasteiger partial charge in [0.2, 0.25) is 0 Å². The molecule has 0 amide bonds. The lowest BCUT2D eigenvalue weighted by atomic mass is 9.49.